The first kappa shape index (κ1) is 11.8. The molecule has 0 aliphatic carbocycles. The van der Waals surface area contributed by atoms with Crippen LogP contribution in [0.2, 0.25) is 0 Å². The molecule has 0 amide bonds. The van der Waals surface area contributed by atoms with Gasteiger partial charge >= 0.3 is 6.18 Å². The van der Waals surface area contributed by atoms with E-state index in [1.165, 1.54) is 18.2 Å². The highest BCUT2D eigenvalue weighted by Crippen LogP contribution is 2.30. The van der Waals surface area contributed by atoms with Gasteiger partial charge < -0.3 is 5.11 Å². The van der Waals surface area contributed by atoms with Gasteiger partial charge in [-0.15, -0.1) is 6.58 Å². The second kappa shape index (κ2) is 4.49. The van der Waals surface area contributed by atoms with Crippen LogP contribution in [0, 0.1) is 0 Å². The Morgan fingerprint density at radius 3 is 2.20 bits per heavy atom. The Morgan fingerprint density at radius 1 is 1.27 bits per heavy atom. The lowest BCUT2D eigenvalue weighted by Crippen LogP contribution is -2.05. The van der Waals surface area contributed by atoms with Crippen molar-refractivity contribution in [2.75, 3.05) is 0 Å². The number of aliphatic hydroxyl groups is 1. The van der Waals surface area contributed by atoms with E-state index >= 15 is 0 Å². The average Bonchev–Trinajstić information content (AvgIpc) is 2.17. The van der Waals surface area contributed by atoms with Crippen molar-refractivity contribution in [1.29, 1.82) is 0 Å². The van der Waals surface area contributed by atoms with Gasteiger partial charge in [0, 0.05) is 0 Å². The maximum Gasteiger partial charge on any atom is 0.416 e. The molecule has 0 radical (unpaired) electrons. The minimum absolute atomic E-state index is 0.325. The van der Waals surface area contributed by atoms with Gasteiger partial charge in [0.05, 0.1) is 11.7 Å². The zero-order valence-electron chi connectivity index (χ0n) is 7.96. The molecule has 1 N–H and O–H groups in total. The minimum atomic E-state index is -4.33. The molecule has 0 fully saturated rings. The number of hydrogen-bond acceptors (Lipinski definition) is 1. The second-order valence-electron chi connectivity index (χ2n) is 3.16. The van der Waals surface area contributed by atoms with Gasteiger partial charge in [0.1, 0.15) is 0 Å². The average molecular weight is 216 g/mol. The van der Waals surface area contributed by atoms with Gasteiger partial charge in [-0.25, -0.2) is 0 Å². The molecule has 1 rings (SSSR count). The highest BCUT2D eigenvalue weighted by Gasteiger charge is 2.30. The van der Waals surface area contributed by atoms with Crippen LogP contribution in [0.15, 0.2) is 36.9 Å². The topological polar surface area (TPSA) is 20.2 Å². The lowest BCUT2D eigenvalue weighted by Gasteiger charge is -2.10. The summed E-state index contributed by atoms with van der Waals surface area (Å²) in [7, 11) is 0. The summed E-state index contributed by atoms with van der Waals surface area (Å²) >= 11 is 0. The first-order valence-corrected chi connectivity index (χ1v) is 4.41. The van der Waals surface area contributed by atoms with Crippen LogP contribution in [0.1, 0.15) is 23.7 Å². The quantitative estimate of drug-likeness (QED) is 0.768. The van der Waals surface area contributed by atoms with Crippen LogP contribution in [0.3, 0.4) is 0 Å². The zero-order valence-corrected chi connectivity index (χ0v) is 7.96. The number of rotatable bonds is 3. The summed E-state index contributed by atoms with van der Waals surface area (Å²) in [6, 6.07) is 4.47. The predicted octanol–water partition coefficient (Wildman–Crippen LogP) is 3.31. The number of aliphatic hydroxyl groups excluding tert-OH is 1. The molecule has 0 spiro atoms. The Kier molecular flexibility index (Phi) is 3.52. The second-order valence-corrected chi connectivity index (χ2v) is 3.16. The largest absolute Gasteiger partial charge is 0.416 e. The SMILES string of the molecule is C=CC[C@H](O)c1ccc(C(F)(F)F)cc1. The smallest absolute Gasteiger partial charge is 0.388 e. The van der Waals surface area contributed by atoms with Crippen LogP contribution in [0.5, 0.6) is 0 Å². The van der Waals surface area contributed by atoms with Crippen molar-refractivity contribution in [2.24, 2.45) is 0 Å². The van der Waals surface area contributed by atoms with Crippen LogP contribution >= 0.6 is 0 Å². The Hall–Kier alpha value is -1.29. The molecular formula is C11H11F3O. The van der Waals surface area contributed by atoms with Gasteiger partial charge in [-0.2, -0.15) is 13.2 Å². The molecule has 15 heavy (non-hydrogen) atoms. The number of hydrogen-bond donors (Lipinski definition) is 1. The molecule has 1 nitrogen and oxygen atoms in total. The maximum atomic E-state index is 12.2. The van der Waals surface area contributed by atoms with Gasteiger partial charge in [-0.1, -0.05) is 18.2 Å². The van der Waals surface area contributed by atoms with Crippen LogP contribution in [0.25, 0.3) is 0 Å². The van der Waals surface area contributed by atoms with E-state index < -0.39 is 17.8 Å². The van der Waals surface area contributed by atoms with Gasteiger partial charge in [0.2, 0.25) is 0 Å². The van der Waals surface area contributed by atoms with Crippen LogP contribution in [-0.4, -0.2) is 5.11 Å². The van der Waals surface area contributed by atoms with Crippen molar-refractivity contribution in [3.8, 4) is 0 Å². The van der Waals surface area contributed by atoms with Crippen molar-refractivity contribution in [3.05, 3.63) is 48.0 Å². The summed E-state index contributed by atoms with van der Waals surface area (Å²) in [4.78, 5) is 0. The molecule has 0 saturated heterocycles. The third kappa shape index (κ3) is 3.09. The number of alkyl halides is 3. The molecule has 1 aromatic carbocycles. The fourth-order valence-electron chi connectivity index (χ4n) is 1.19. The molecule has 0 aromatic heterocycles. The fourth-order valence-corrected chi connectivity index (χ4v) is 1.19. The zero-order chi connectivity index (χ0) is 11.5. The Balaban J connectivity index is 2.85. The molecule has 1 atom stereocenters. The first-order chi connectivity index (χ1) is 6.95. The molecule has 0 unspecified atom stereocenters. The molecule has 0 saturated carbocycles. The normalized spacial score (nSPS) is 13.6. The summed E-state index contributed by atoms with van der Waals surface area (Å²) < 4.78 is 36.6. The highest BCUT2D eigenvalue weighted by molar-refractivity contribution is 5.26. The molecule has 0 heterocycles. The van der Waals surface area contributed by atoms with E-state index in [0.29, 0.717) is 12.0 Å². The molecule has 0 bridgehead atoms. The van der Waals surface area contributed by atoms with Crippen molar-refractivity contribution in [3.63, 3.8) is 0 Å². The Bertz CT molecular complexity index is 327. The van der Waals surface area contributed by atoms with Crippen LogP contribution in [0.4, 0.5) is 13.2 Å². The molecular weight excluding hydrogens is 205 g/mol. The van der Waals surface area contributed by atoms with E-state index in [1.807, 2.05) is 0 Å². The maximum absolute atomic E-state index is 12.2. The van der Waals surface area contributed by atoms with E-state index in [1.54, 1.807) is 0 Å². The van der Waals surface area contributed by atoms with Crippen molar-refractivity contribution >= 4 is 0 Å². The summed E-state index contributed by atoms with van der Waals surface area (Å²) in [5.74, 6) is 0. The summed E-state index contributed by atoms with van der Waals surface area (Å²) in [5.41, 5.74) is -0.250. The molecule has 4 heteroatoms. The van der Waals surface area contributed by atoms with Crippen molar-refractivity contribution < 1.29 is 18.3 Å². The molecule has 0 aliphatic rings. The lowest BCUT2D eigenvalue weighted by molar-refractivity contribution is -0.137. The van der Waals surface area contributed by atoms with Crippen LogP contribution in [-0.2, 0) is 6.18 Å². The first-order valence-electron chi connectivity index (χ1n) is 4.41. The van der Waals surface area contributed by atoms with Gasteiger partial charge in [0.15, 0.2) is 0 Å². The van der Waals surface area contributed by atoms with Crippen molar-refractivity contribution in [2.45, 2.75) is 18.7 Å². The summed E-state index contributed by atoms with van der Waals surface area (Å²) in [6.45, 7) is 3.44. The van der Waals surface area contributed by atoms with E-state index in [0.717, 1.165) is 12.1 Å². The number of halogens is 3. The highest BCUT2D eigenvalue weighted by atomic mass is 19.4. The van der Waals surface area contributed by atoms with Crippen LogP contribution < -0.4 is 0 Å². The van der Waals surface area contributed by atoms with E-state index in [9.17, 15) is 18.3 Å². The fraction of sp³-hybridized carbons (Fsp3) is 0.273. The third-order valence-electron chi connectivity index (χ3n) is 2.01. The molecule has 82 valence electrons. The van der Waals surface area contributed by atoms with Gasteiger partial charge in [0.25, 0.3) is 0 Å². The standard InChI is InChI=1S/C11H11F3O/c1-2-3-10(15)8-4-6-9(7-5-8)11(12,13)14/h2,4-7,10,15H,1,3H2/t10-/m0/s1. The Morgan fingerprint density at radius 2 is 1.80 bits per heavy atom. The van der Waals surface area contributed by atoms with E-state index in [4.69, 9.17) is 0 Å². The third-order valence-corrected chi connectivity index (χ3v) is 2.01. The van der Waals surface area contributed by atoms with E-state index in [2.05, 4.69) is 6.58 Å². The van der Waals surface area contributed by atoms with Gasteiger partial charge in [-0.3, -0.25) is 0 Å². The molecule has 0 aliphatic heterocycles. The lowest BCUT2D eigenvalue weighted by atomic mass is 10.0. The molecule has 1 aromatic rings. The predicted molar refractivity (Wildman–Crippen MR) is 51.2 cm³/mol. The van der Waals surface area contributed by atoms with E-state index in [-0.39, 0.29) is 0 Å². The monoisotopic (exact) mass is 216 g/mol. The van der Waals surface area contributed by atoms with Crippen molar-refractivity contribution in [1.82, 2.24) is 0 Å². The van der Waals surface area contributed by atoms with Gasteiger partial charge in [-0.05, 0) is 24.1 Å². The number of benzene rings is 1. The minimum Gasteiger partial charge on any atom is -0.388 e. The summed E-state index contributed by atoms with van der Waals surface area (Å²) in [5, 5.41) is 9.46. The summed E-state index contributed by atoms with van der Waals surface area (Å²) in [6.07, 6.45) is -3.28. The Labute approximate surface area is 85.9 Å².